The highest BCUT2D eigenvalue weighted by Crippen LogP contribution is 2.14. The van der Waals surface area contributed by atoms with Gasteiger partial charge in [-0.3, -0.25) is 16.0 Å². The maximum atomic E-state index is 6.01. The Bertz CT molecular complexity index is 565. The Balaban J connectivity index is 2.06. The van der Waals surface area contributed by atoms with E-state index in [4.69, 9.17) is 17.4 Å². The second-order valence-corrected chi connectivity index (χ2v) is 5.44. The van der Waals surface area contributed by atoms with Crippen LogP contribution in [-0.4, -0.2) is 15.8 Å². The number of rotatable bonds is 6. The SMILES string of the molecule is CCc1cc(CC(Cc2cccc(Cl)c2)NN)n(C)n1. The number of benzene rings is 1. The Morgan fingerprint density at radius 1 is 1.35 bits per heavy atom. The van der Waals surface area contributed by atoms with Crippen LogP contribution in [0.2, 0.25) is 5.02 Å². The van der Waals surface area contributed by atoms with Crippen LogP contribution in [0.3, 0.4) is 0 Å². The standard InChI is InChI=1S/C15H21ClN4/c1-3-13-9-15(20(2)19-13)10-14(18-17)8-11-5-4-6-12(16)7-11/h4-7,9,14,18H,3,8,10,17H2,1-2H3. The molecule has 0 spiro atoms. The average molecular weight is 293 g/mol. The maximum Gasteiger partial charge on any atom is 0.0624 e. The Hall–Kier alpha value is -1.36. The number of nitrogens with zero attached hydrogens (tertiary/aromatic N) is 2. The minimum atomic E-state index is 0.161. The molecule has 0 fully saturated rings. The van der Waals surface area contributed by atoms with Crippen LogP contribution in [0.5, 0.6) is 0 Å². The van der Waals surface area contributed by atoms with Gasteiger partial charge >= 0.3 is 0 Å². The molecule has 1 atom stereocenters. The lowest BCUT2D eigenvalue weighted by atomic mass is 10.0. The number of hydrogen-bond acceptors (Lipinski definition) is 3. The molecule has 1 aromatic carbocycles. The summed E-state index contributed by atoms with van der Waals surface area (Å²) in [6, 6.07) is 10.2. The predicted molar refractivity (Wildman–Crippen MR) is 82.6 cm³/mol. The van der Waals surface area contributed by atoms with Crippen molar-refractivity contribution in [3.63, 3.8) is 0 Å². The van der Waals surface area contributed by atoms with Gasteiger partial charge in [-0.2, -0.15) is 5.10 Å². The summed E-state index contributed by atoms with van der Waals surface area (Å²) in [5.41, 5.74) is 6.37. The summed E-state index contributed by atoms with van der Waals surface area (Å²) in [5.74, 6) is 5.68. The van der Waals surface area contributed by atoms with E-state index in [1.165, 1.54) is 11.3 Å². The normalized spacial score (nSPS) is 12.6. The van der Waals surface area contributed by atoms with E-state index in [1.54, 1.807) is 0 Å². The van der Waals surface area contributed by atoms with Crippen molar-refractivity contribution in [2.45, 2.75) is 32.2 Å². The molecule has 5 heteroatoms. The molecule has 0 bridgehead atoms. The van der Waals surface area contributed by atoms with Crippen LogP contribution in [0.4, 0.5) is 0 Å². The smallest absolute Gasteiger partial charge is 0.0624 e. The molecule has 4 nitrogen and oxygen atoms in total. The molecule has 1 unspecified atom stereocenters. The Kier molecular flexibility index (Phi) is 5.17. The van der Waals surface area contributed by atoms with Crippen molar-refractivity contribution >= 4 is 11.6 Å². The van der Waals surface area contributed by atoms with Crippen LogP contribution < -0.4 is 11.3 Å². The highest BCUT2D eigenvalue weighted by Gasteiger charge is 2.13. The summed E-state index contributed by atoms with van der Waals surface area (Å²) in [5, 5.41) is 5.22. The second kappa shape index (κ2) is 6.88. The molecule has 20 heavy (non-hydrogen) atoms. The van der Waals surface area contributed by atoms with Gasteiger partial charge in [-0.1, -0.05) is 30.7 Å². The van der Waals surface area contributed by atoms with Gasteiger partial charge in [0.2, 0.25) is 0 Å². The van der Waals surface area contributed by atoms with E-state index in [9.17, 15) is 0 Å². The molecule has 1 aromatic heterocycles. The molecular formula is C15H21ClN4. The molecule has 0 aliphatic carbocycles. The molecule has 0 aliphatic heterocycles. The molecule has 0 saturated carbocycles. The van der Waals surface area contributed by atoms with Gasteiger partial charge in [0.1, 0.15) is 0 Å². The van der Waals surface area contributed by atoms with Gasteiger partial charge in [0.15, 0.2) is 0 Å². The Morgan fingerprint density at radius 3 is 2.75 bits per heavy atom. The Morgan fingerprint density at radius 2 is 2.15 bits per heavy atom. The predicted octanol–water partition coefficient (Wildman–Crippen LogP) is 2.25. The van der Waals surface area contributed by atoms with Crippen LogP contribution in [0.1, 0.15) is 23.9 Å². The lowest BCUT2D eigenvalue weighted by Crippen LogP contribution is -2.38. The summed E-state index contributed by atoms with van der Waals surface area (Å²) in [4.78, 5) is 0. The number of nitrogens with one attached hydrogen (secondary N) is 1. The fraction of sp³-hybridized carbons (Fsp3) is 0.400. The first-order chi connectivity index (χ1) is 9.62. The first-order valence-electron chi connectivity index (χ1n) is 6.84. The number of hydrazine groups is 1. The monoisotopic (exact) mass is 292 g/mol. The minimum Gasteiger partial charge on any atom is -0.272 e. The van der Waals surface area contributed by atoms with E-state index in [0.29, 0.717) is 0 Å². The van der Waals surface area contributed by atoms with Gasteiger partial charge in [0, 0.05) is 30.2 Å². The lowest BCUT2D eigenvalue weighted by Gasteiger charge is -2.16. The molecule has 2 aromatic rings. The van der Waals surface area contributed by atoms with E-state index in [0.717, 1.165) is 30.0 Å². The third kappa shape index (κ3) is 3.82. The van der Waals surface area contributed by atoms with Crippen LogP contribution in [0, 0.1) is 0 Å². The minimum absolute atomic E-state index is 0.161. The topological polar surface area (TPSA) is 55.9 Å². The summed E-state index contributed by atoms with van der Waals surface area (Å²) >= 11 is 6.01. The first kappa shape index (κ1) is 15.0. The number of halogens is 1. The van der Waals surface area contributed by atoms with Crippen molar-refractivity contribution in [3.05, 3.63) is 52.3 Å². The van der Waals surface area contributed by atoms with Crippen molar-refractivity contribution in [2.75, 3.05) is 0 Å². The van der Waals surface area contributed by atoms with Gasteiger partial charge in [0.05, 0.1) is 5.69 Å². The Labute approximate surface area is 124 Å². The molecule has 108 valence electrons. The maximum absolute atomic E-state index is 6.01. The number of aryl methyl sites for hydroxylation is 2. The van der Waals surface area contributed by atoms with Gasteiger partial charge in [0.25, 0.3) is 0 Å². The molecule has 0 radical (unpaired) electrons. The van der Waals surface area contributed by atoms with Gasteiger partial charge in [-0.05, 0) is 36.6 Å². The van der Waals surface area contributed by atoms with Crippen LogP contribution in [0.25, 0.3) is 0 Å². The van der Waals surface area contributed by atoms with Gasteiger partial charge in [-0.15, -0.1) is 0 Å². The zero-order valence-electron chi connectivity index (χ0n) is 11.9. The molecular weight excluding hydrogens is 272 g/mol. The van der Waals surface area contributed by atoms with E-state index in [1.807, 2.05) is 29.9 Å². The molecule has 3 N–H and O–H groups in total. The summed E-state index contributed by atoms with van der Waals surface area (Å²) in [6.07, 6.45) is 2.62. The average Bonchev–Trinajstić information content (AvgIpc) is 2.78. The van der Waals surface area contributed by atoms with Crippen molar-refractivity contribution in [1.82, 2.24) is 15.2 Å². The van der Waals surface area contributed by atoms with E-state index < -0.39 is 0 Å². The van der Waals surface area contributed by atoms with E-state index >= 15 is 0 Å². The van der Waals surface area contributed by atoms with E-state index in [-0.39, 0.29) is 6.04 Å². The molecule has 0 aliphatic rings. The van der Waals surface area contributed by atoms with Crippen LogP contribution in [-0.2, 0) is 26.3 Å². The van der Waals surface area contributed by atoms with Crippen molar-refractivity contribution in [1.29, 1.82) is 0 Å². The quantitative estimate of drug-likeness (QED) is 0.634. The van der Waals surface area contributed by atoms with Gasteiger partial charge in [-0.25, -0.2) is 0 Å². The summed E-state index contributed by atoms with van der Waals surface area (Å²) in [7, 11) is 1.97. The largest absolute Gasteiger partial charge is 0.272 e. The second-order valence-electron chi connectivity index (χ2n) is 5.01. The molecule has 2 rings (SSSR count). The summed E-state index contributed by atoms with van der Waals surface area (Å²) < 4.78 is 1.93. The first-order valence-corrected chi connectivity index (χ1v) is 7.22. The van der Waals surface area contributed by atoms with Gasteiger partial charge < -0.3 is 0 Å². The fourth-order valence-electron chi connectivity index (χ4n) is 2.33. The number of nitrogens with two attached hydrogens (primary N) is 1. The van der Waals surface area contributed by atoms with E-state index in [2.05, 4.69) is 29.6 Å². The zero-order valence-corrected chi connectivity index (χ0v) is 12.7. The third-order valence-electron chi connectivity index (χ3n) is 3.45. The highest BCUT2D eigenvalue weighted by atomic mass is 35.5. The number of hydrogen-bond donors (Lipinski definition) is 2. The zero-order chi connectivity index (χ0) is 14.5. The van der Waals surface area contributed by atoms with Crippen molar-refractivity contribution in [3.8, 4) is 0 Å². The van der Waals surface area contributed by atoms with Crippen molar-refractivity contribution in [2.24, 2.45) is 12.9 Å². The highest BCUT2D eigenvalue weighted by molar-refractivity contribution is 6.30. The molecule has 0 amide bonds. The van der Waals surface area contributed by atoms with Crippen LogP contribution >= 0.6 is 11.6 Å². The summed E-state index contributed by atoms with van der Waals surface area (Å²) in [6.45, 7) is 2.11. The molecule has 1 heterocycles. The third-order valence-corrected chi connectivity index (χ3v) is 3.69. The fourth-order valence-corrected chi connectivity index (χ4v) is 2.54. The lowest BCUT2D eigenvalue weighted by molar-refractivity contribution is 0.505. The molecule has 0 saturated heterocycles. The van der Waals surface area contributed by atoms with Crippen LogP contribution in [0.15, 0.2) is 30.3 Å². The van der Waals surface area contributed by atoms with Crippen molar-refractivity contribution < 1.29 is 0 Å². The number of aromatic nitrogens is 2.